The predicted octanol–water partition coefficient (Wildman–Crippen LogP) is 11.7. The zero-order chi connectivity index (χ0) is 47.3. The van der Waals surface area contributed by atoms with Gasteiger partial charge in [-0.2, -0.15) is 5.26 Å². The van der Waals surface area contributed by atoms with Crippen LogP contribution < -0.4 is 10.1 Å². The first kappa shape index (κ1) is 50.9. The molecule has 1 amide bonds. The van der Waals surface area contributed by atoms with Crippen LogP contribution in [0.1, 0.15) is 103 Å². The normalized spacial score (nSPS) is 19.8. The molecular formula is C45H51Cl2F5N2O9. The summed E-state index contributed by atoms with van der Waals surface area (Å²) in [6, 6.07) is 12.5. The van der Waals surface area contributed by atoms with E-state index in [2.05, 4.69) is 16.1 Å². The highest BCUT2D eigenvalue weighted by molar-refractivity contribution is 6.31. The second kappa shape index (κ2) is 20.0. The van der Waals surface area contributed by atoms with Crippen LogP contribution in [0.2, 0.25) is 10.0 Å². The minimum atomic E-state index is -5.33. The molecule has 4 rings (SSSR count). The smallest absolute Gasteiger partial charge is 0.432 e. The van der Waals surface area contributed by atoms with Crippen molar-refractivity contribution in [3.05, 3.63) is 93.0 Å². The predicted molar refractivity (Wildman–Crippen MR) is 223 cm³/mol. The summed E-state index contributed by atoms with van der Waals surface area (Å²) < 4.78 is 104. The van der Waals surface area contributed by atoms with Crippen LogP contribution in [0.5, 0.6) is 5.75 Å². The van der Waals surface area contributed by atoms with E-state index in [1.54, 1.807) is 13.8 Å². The molecule has 1 saturated carbocycles. The van der Waals surface area contributed by atoms with E-state index < -0.39 is 99.1 Å². The number of hydrogen-bond donors (Lipinski definition) is 1. The first-order valence-corrected chi connectivity index (χ1v) is 20.6. The zero-order valence-corrected chi connectivity index (χ0v) is 37.8. The van der Waals surface area contributed by atoms with E-state index in [4.69, 9.17) is 46.9 Å². The van der Waals surface area contributed by atoms with Gasteiger partial charge in [-0.3, -0.25) is 4.79 Å². The Kier molecular flexibility index (Phi) is 16.2. The Hall–Kier alpha value is -4.69. The van der Waals surface area contributed by atoms with Gasteiger partial charge >= 0.3 is 18.5 Å². The average molecular weight is 930 g/mol. The molecule has 0 bridgehead atoms. The number of carbonyl (C=O) groups is 3. The number of carbonyl (C=O) groups excluding carboxylic acids is 3. The second-order valence-corrected chi connectivity index (χ2v) is 18.8. The first-order valence-electron chi connectivity index (χ1n) is 19.9. The first-order chi connectivity index (χ1) is 29.1. The number of ether oxygens (including phenoxy) is 6. The summed E-state index contributed by atoms with van der Waals surface area (Å²) in [7, 11) is 0. The highest BCUT2D eigenvalue weighted by Crippen LogP contribution is 2.61. The quantitative estimate of drug-likeness (QED) is 0.0677. The fourth-order valence-electron chi connectivity index (χ4n) is 7.57. The number of nitrogens with one attached hydrogen (secondary N) is 1. The van der Waals surface area contributed by atoms with Gasteiger partial charge in [0.25, 0.3) is 0 Å². The molecule has 1 fully saturated rings. The summed E-state index contributed by atoms with van der Waals surface area (Å²) in [4.78, 5) is 39.8. The van der Waals surface area contributed by atoms with Gasteiger partial charge in [-0.1, -0.05) is 62.2 Å². The number of esters is 1. The van der Waals surface area contributed by atoms with Crippen LogP contribution in [0, 0.1) is 40.2 Å². The SMILES string of the molecule is CC(OC(=O)OCCOC(C)(C)COC(C)(C)C)OC(=O)c1ccc(NC(=O)[C@@H]2C[C@@H](CC(C)(C)C)C(C#N)(c3ccc(Cl)cc3F)[C@H]2c2cccc(Cl)c2F)c(OC(F)(F)F)c1. The molecule has 0 spiro atoms. The molecule has 11 nitrogen and oxygen atoms in total. The molecule has 0 radical (unpaired) electrons. The minimum Gasteiger partial charge on any atom is -0.432 e. The third-order valence-corrected chi connectivity index (χ3v) is 10.6. The topological polar surface area (TPSA) is 142 Å². The summed E-state index contributed by atoms with van der Waals surface area (Å²) in [5.41, 5.74) is -4.97. The molecule has 0 saturated heterocycles. The highest BCUT2D eigenvalue weighted by Gasteiger charge is 2.61. The molecular weight excluding hydrogens is 878 g/mol. The van der Waals surface area contributed by atoms with E-state index in [9.17, 15) is 32.8 Å². The zero-order valence-electron chi connectivity index (χ0n) is 36.3. The molecule has 1 N–H and O–H groups in total. The monoisotopic (exact) mass is 928 g/mol. The lowest BCUT2D eigenvalue weighted by molar-refractivity contribution is -0.274. The standard InChI is InChI=1S/C45H51Cl2F5N2O9/c1-25(62-40(57)58-17-18-59-43(8,9)24-60-42(5,6)7)61-39(56)26-13-16-34(35(19-26)63-45(50,51)52)54-38(55)30-20-27(22-41(2,3)4)44(23-53,31-15-14-28(46)21-33(31)48)36(30)29-11-10-12-32(47)37(29)49/h10-16,19,21,25,27,30,36H,17-18,20,22,24H2,1-9H3,(H,54,55)/t25?,27-,30+,36-,44?/m0/s1. The second-order valence-electron chi connectivity index (χ2n) is 18.0. The number of rotatable bonds is 15. The molecule has 3 aromatic carbocycles. The fourth-order valence-corrected chi connectivity index (χ4v) is 7.91. The Morgan fingerprint density at radius 3 is 2.21 bits per heavy atom. The molecule has 18 heteroatoms. The van der Waals surface area contributed by atoms with Gasteiger partial charge in [-0.15, -0.1) is 13.2 Å². The molecule has 344 valence electrons. The van der Waals surface area contributed by atoms with Crippen molar-refractivity contribution in [2.75, 3.05) is 25.1 Å². The minimum absolute atomic E-state index is 0.0167. The van der Waals surface area contributed by atoms with Crippen LogP contribution in [0.4, 0.5) is 32.4 Å². The lowest BCUT2D eigenvalue weighted by Crippen LogP contribution is -2.39. The molecule has 3 aromatic rings. The Morgan fingerprint density at radius 1 is 0.921 bits per heavy atom. The molecule has 63 heavy (non-hydrogen) atoms. The van der Waals surface area contributed by atoms with E-state index >= 15 is 8.78 Å². The van der Waals surface area contributed by atoms with Crippen molar-refractivity contribution in [1.82, 2.24) is 0 Å². The lowest BCUT2D eigenvalue weighted by Gasteiger charge is -2.38. The summed E-state index contributed by atoms with van der Waals surface area (Å²) >= 11 is 12.3. The van der Waals surface area contributed by atoms with Crippen LogP contribution in [0.25, 0.3) is 0 Å². The maximum atomic E-state index is 16.1. The number of amides is 1. The van der Waals surface area contributed by atoms with E-state index in [0.717, 1.165) is 25.1 Å². The van der Waals surface area contributed by atoms with Crippen LogP contribution in [0.15, 0.2) is 54.6 Å². The van der Waals surface area contributed by atoms with E-state index in [-0.39, 0.29) is 53.8 Å². The Morgan fingerprint density at radius 2 is 1.60 bits per heavy atom. The van der Waals surface area contributed by atoms with Gasteiger partial charge in [0.1, 0.15) is 18.2 Å². The van der Waals surface area contributed by atoms with E-state index in [1.807, 2.05) is 41.5 Å². The number of benzene rings is 3. The summed E-state index contributed by atoms with van der Waals surface area (Å²) in [6.45, 7) is 16.0. The molecule has 2 unspecified atom stereocenters. The Bertz CT molecular complexity index is 2190. The number of anilines is 1. The Labute approximate surface area is 373 Å². The number of halogens is 7. The largest absolute Gasteiger partial charge is 0.573 e. The van der Waals surface area contributed by atoms with Crippen molar-refractivity contribution in [1.29, 1.82) is 5.26 Å². The van der Waals surface area contributed by atoms with Gasteiger partial charge < -0.3 is 33.7 Å². The van der Waals surface area contributed by atoms with Gasteiger partial charge in [0.05, 0.1) is 52.2 Å². The van der Waals surface area contributed by atoms with Crippen LogP contribution in [0.3, 0.4) is 0 Å². The maximum Gasteiger partial charge on any atom is 0.573 e. The summed E-state index contributed by atoms with van der Waals surface area (Å²) in [6.07, 6.45) is -8.06. The highest BCUT2D eigenvalue weighted by atomic mass is 35.5. The summed E-state index contributed by atoms with van der Waals surface area (Å²) in [5, 5.41) is 13.2. The number of nitrogens with zero attached hydrogens (tertiary/aromatic N) is 1. The molecule has 0 heterocycles. The third kappa shape index (κ3) is 13.7. The molecule has 1 aliphatic rings. The molecule has 5 atom stereocenters. The van der Waals surface area contributed by atoms with E-state index in [0.29, 0.717) is 6.07 Å². The third-order valence-electron chi connectivity index (χ3n) is 10.0. The molecule has 1 aliphatic carbocycles. The van der Waals surface area contributed by atoms with Crippen molar-refractivity contribution in [2.24, 2.45) is 17.3 Å². The van der Waals surface area contributed by atoms with Crippen molar-refractivity contribution in [2.45, 2.75) is 110 Å². The Balaban J connectivity index is 1.60. The van der Waals surface area contributed by atoms with Crippen LogP contribution >= 0.6 is 23.2 Å². The van der Waals surface area contributed by atoms with Gasteiger partial charge in [0.2, 0.25) is 12.2 Å². The lowest BCUT2D eigenvalue weighted by atomic mass is 9.62. The van der Waals surface area contributed by atoms with Gasteiger partial charge in [0, 0.05) is 29.3 Å². The number of alkyl halides is 3. The van der Waals surface area contributed by atoms with Gasteiger partial charge in [-0.05, 0) is 101 Å². The van der Waals surface area contributed by atoms with Gasteiger partial charge in [-0.25, -0.2) is 18.4 Å². The van der Waals surface area contributed by atoms with Crippen molar-refractivity contribution >= 4 is 46.9 Å². The van der Waals surface area contributed by atoms with Crippen molar-refractivity contribution in [3.63, 3.8) is 0 Å². The maximum absolute atomic E-state index is 16.1. The van der Waals surface area contributed by atoms with Crippen molar-refractivity contribution in [3.8, 4) is 11.8 Å². The number of hydrogen-bond acceptors (Lipinski definition) is 10. The van der Waals surface area contributed by atoms with Crippen LogP contribution in [-0.4, -0.2) is 61.7 Å². The van der Waals surface area contributed by atoms with Gasteiger partial charge in [0.15, 0.2) is 5.75 Å². The summed E-state index contributed by atoms with van der Waals surface area (Å²) in [5.74, 6) is -8.75. The average Bonchev–Trinajstić information content (AvgIpc) is 3.46. The van der Waals surface area contributed by atoms with Crippen LogP contribution in [-0.2, 0) is 33.9 Å². The number of nitriles is 1. The molecule has 0 aromatic heterocycles. The van der Waals surface area contributed by atoms with Crippen molar-refractivity contribution < 1.29 is 64.8 Å². The molecule has 0 aliphatic heterocycles. The fraction of sp³-hybridized carbons (Fsp3) is 0.511. The van der Waals surface area contributed by atoms with E-state index in [1.165, 1.54) is 30.3 Å².